The highest BCUT2D eigenvalue weighted by Gasteiger charge is 2.38. The zero-order valence-electron chi connectivity index (χ0n) is 10.9. The lowest BCUT2D eigenvalue weighted by Gasteiger charge is -2.28. The minimum atomic E-state index is -0.800. The maximum absolute atomic E-state index is 11.7. The summed E-state index contributed by atoms with van der Waals surface area (Å²) in [6, 6.07) is 7.94. The van der Waals surface area contributed by atoms with Crippen LogP contribution in [-0.4, -0.2) is 18.6 Å². The van der Waals surface area contributed by atoms with Crippen LogP contribution in [0.25, 0.3) is 0 Å². The number of hydrogen-bond donors (Lipinski definition) is 2. The minimum absolute atomic E-state index is 0.349. The summed E-state index contributed by atoms with van der Waals surface area (Å²) in [7, 11) is 0. The fourth-order valence-electron chi connectivity index (χ4n) is 1.98. The number of amides is 1. The molecule has 2 rings (SSSR count). The second kappa shape index (κ2) is 4.98. The van der Waals surface area contributed by atoms with Gasteiger partial charge in [-0.05, 0) is 44.4 Å². The molecule has 1 aromatic rings. The second-order valence-electron chi connectivity index (χ2n) is 4.87. The summed E-state index contributed by atoms with van der Waals surface area (Å²) < 4.78 is 5.39. The van der Waals surface area contributed by atoms with Crippen molar-refractivity contribution in [1.82, 2.24) is 5.32 Å². The molecule has 1 aliphatic carbocycles. The van der Waals surface area contributed by atoms with E-state index in [1.165, 1.54) is 0 Å². The number of ether oxygens (including phenoxy) is 1. The summed E-state index contributed by atoms with van der Waals surface area (Å²) in [6.45, 7) is 4.41. The predicted molar refractivity (Wildman–Crippen MR) is 70.3 cm³/mol. The summed E-state index contributed by atoms with van der Waals surface area (Å²) in [5.41, 5.74) is 5.62. The van der Waals surface area contributed by atoms with Gasteiger partial charge in [-0.3, -0.25) is 10.1 Å². The third kappa shape index (κ3) is 2.64. The van der Waals surface area contributed by atoms with Gasteiger partial charge in [0.2, 0.25) is 5.91 Å². The van der Waals surface area contributed by atoms with Crippen molar-refractivity contribution < 1.29 is 9.53 Å². The molecule has 1 fully saturated rings. The summed E-state index contributed by atoms with van der Waals surface area (Å²) in [4.78, 5) is 11.7. The highest BCUT2D eigenvalue weighted by Crippen LogP contribution is 2.29. The Morgan fingerprint density at radius 3 is 2.50 bits per heavy atom. The van der Waals surface area contributed by atoms with Crippen LogP contribution in [0.1, 0.15) is 32.3 Å². The second-order valence-corrected chi connectivity index (χ2v) is 4.87. The molecule has 0 saturated heterocycles. The Morgan fingerprint density at radius 1 is 1.44 bits per heavy atom. The maximum Gasteiger partial charge on any atom is 0.242 e. The molecule has 4 nitrogen and oxygen atoms in total. The lowest BCUT2D eigenvalue weighted by molar-refractivity contribution is -0.124. The van der Waals surface area contributed by atoms with Crippen LogP contribution in [0.2, 0.25) is 0 Å². The molecule has 1 amide bonds. The minimum Gasteiger partial charge on any atom is -0.494 e. The normalized spacial score (nSPS) is 18.1. The third-order valence-electron chi connectivity index (χ3n) is 3.31. The van der Waals surface area contributed by atoms with Crippen LogP contribution in [0.3, 0.4) is 0 Å². The smallest absolute Gasteiger partial charge is 0.242 e. The van der Waals surface area contributed by atoms with E-state index in [-0.39, 0.29) is 5.91 Å². The summed E-state index contributed by atoms with van der Waals surface area (Å²) in [6.07, 6.45) is 2.22. The van der Waals surface area contributed by atoms with E-state index in [0.29, 0.717) is 12.6 Å². The highest BCUT2D eigenvalue weighted by molar-refractivity contribution is 5.85. The molecular formula is C14H20N2O2. The molecular weight excluding hydrogens is 228 g/mol. The first-order valence-electron chi connectivity index (χ1n) is 6.37. The van der Waals surface area contributed by atoms with E-state index in [4.69, 9.17) is 10.5 Å². The first-order valence-corrected chi connectivity index (χ1v) is 6.37. The van der Waals surface area contributed by atoms with Crippen LogP contribution < -0.4 is 15.8 Å². The van der Waals surface area contributed by atoms with E-state index in [2.05, 4.69) is 5.32 Å². The first kappa shape index (κ1) is 12.9. The van der Waals surface area contributed by atoms with Gasteiger partial charge in [0, 0.05) is 6.04 Å². The number of hydrogen-bond acceptors (Lipinski definition) is 3. The quantitative estimate of drug-likeness (QED) is 0.802. The molecule has 0 bridgehead atoms. The lowest BCUT2D eigenvalue weighted by Crippen LogP contribution is -2.51. The van der Waals surface area contributed by atoms with E-state index in [9.17, 15) is 4.79 Å². The molecule has 1 atom stereocenters. The van der Waals surface area contributed by atoms with Crippen LogP contribution in [-0.2, 0) is 10.3 Å². The van der Waals surface area contributed by atoms with Crippen LogP contribution >= 0.6 is 0 Å². The highest BCUT2D eigenvalue weighted by atomic mass is 16.5. The fraction of sp³-hybridized carbons (Fsp3) is 0.500. The van der Waals surface area contributed by atoms with Gasteiger partial charge in [0.25, 0.3) is 0 Å². The number of rotatable bonds is 6. The molecule has 98 valence electrons. The van der Waals surface area contributed by atoms with Gasteiger partial charge in [0.1, 0.15) is 11.3 Å². The van der Waals surface area contributed by atoms with Gasteiger partial charge in [-0.25, -0.2) is 0 Å². The molecule has 3 N–H and O–H groups in total. The molecule has 0 radical (unpaired) electrons. The zero-order valence-corrected chi connectivity index (χ0v) is 10.9. The number of nitrogens with one attached hydrogen (secondary N) is 1. The van der Waals surface area contributed by atoms with Gasteiger partial charge in [0.05, 0.1) is 6.61 Å². The van der Waals surface area contributed by atoms with E-state index >= 15 is 0 Å². The van der Waals surface area contributed by atoms with Crippen molar-refractivity contribution in [3.8, 4) is 5.75 Å². The molecule has 18 heavy (non-hydrogen) atoms. The van der Waals surface area contributed by atoms with Crippen molar-refractivity contribution in [2.24, 2.45) is 5.73 Å². The van der Waals surface area contributed by atoms with Crippen LogP contribution in [0.4, 0.5) is 0 Å². The van der Waals surface area contributed by atoms with Gasteiger partial charge >= 0.3 is 0 Å². The van der Waals surface area contributed by atoms with E-state index < -0.39 is 5.54 Å². The fourth-order valence-corrected chi connectivity index (χ4v) is 1.98. The zero-order chi connectivity index (χ0) is 13.2. The maximum atomic E-state index is 11.7. The Bertz CT molecular complexity index is 426. The molecule has 0 spiro atoms. The van der Waals surface area contributed by atoms with Crippen LogP contribution in [0.5, 0.6) is 5.75 Å². The Kier molecular flexibility index (Phi) is 3.57. The molecule has 0 heterocycles. The summed E-state index contributed by atoms with van der Waals surface area (Å²) >= 11 is 0. The van der Waals surface area contributed by atoms with Gasteiger partial charge in [-0.1, -0.05) is 12.1 Å². The van der Waals surface area contributed by atoms with Crippen molar-refractivity contribution in [1.29, 1.82) is 0 Å². The number of carbonyl (C=O) groups is 1. The van der Waals surface area contributed by atoms with Crippen molar-refractivity contribution in [2.75, 3.05) is 6.61 Å². The Hall–Kier alpha value is -1.55. The largest absolute Gasteiger partial charge is 0.494 e. The average Bonchev–Trinajstić information content (AvgIpc) is 3.14. The molecule has 1 aliphatic rings. The molecule has 0 aromatic heterocycles. The summed E-state index contributed by atoms with van der Waals surface area (Å²) in [5.74, 6) is 0.457. The average molecular weight is 248 g/mol. The van der Waals surface area contributed by atoms with Crippen LogP contribution in [0.15, 0.2) is 24.3 Å². The number of nitrogens with two attached hydrogens (primary N) is 1. The first-order chi connectivity index (χ1) is 8.56. The standard InChI is InChI=1S/C14H20N2O2/c1-3-18-12-8-4-10(5-9-12)14(2,13(15)17)16-11-6-7-11/h4-5,8-9,11,16H,3,6-7H2,1-2H3,(H2,15,17). The molecule has 4 heteroatoms. The third-order valence-corrected chi connectivity index (χ3v) is 3.31. The molecule has 1 saturated carbocycles. The predicted octanol–water partition coefficient (Wildman–Crippen LogP) is 1.54. The monoisotopic (exact) mass is 248 g/mol. The molecule has 1 unspecified atom stereocenters. The van der Waals surface area contributed by atoms with Gasteiger partial charge in [0.15, 0.2) is 0 Å². The van der Waals surface area contributed by atoms with Gasteiger partial charge < -0.3 is 10.5 Å². The SMILES string of the molecule is CCOc1ccc(C(C)(NC2CC2)C(N)=O)cc1. The summed E-state index contributed by atoms with van der Waals surface area (Å²) in [5, 5.41) is 3.32. The molecule has 1 aromatic carbocycles. The Labute approximate surface area is 108 Å². The van der Waals surface area contributed by atoms with Crippen LogP contribution in [0, 0.1) is 0 Å². The number of primary amides is 1. The van der Waals surface area contributed by atoms with Crippen molar-refractivity contribution in [3.05, 3.63) is 29.8 Å². The van der Waals surface area contributed by atoms with Crippen molar-refractivity contribution in [3.63, 3.8) is 0 Å². The number of carbonyl (C=O) groups excluding carboxylic acids is 1. The Morgan fingerprint density at radius 2 is 2.06 bits per heavy atom. The van der Waals surface area contributed by atoms with E-state index in [0.717, 1.165) is 24.2 Å². The van der Waals surface area contributed by atoms with Gasteiger partial charge in [-0.2, -0.15) is 0 Å². The van der Waals surface area contributed by atoms with E-state index in [1.54, 1.807) is 0 Å². The Balaban J connectivity index is 2.21. The van der Waals surface area contributed by atoms with Crippen molar-refractivity contribution in [2.45, 2.75) is 38.3 Å². The number of benzene rings is 1. The molecule has 0 aliphatic heterocycles. The topological polar surface area (TPSA) is 64.3 Å². The lowest BCUT2D eigenvalue weighted by atomic mass is 9.91. The van der Waals surface area contributed by atoms with Crippen molar-refractivity contribution >= 4 is 5.91 Å². The van der Waals surface area contributed by atoms with E-state index in [1.807, 2.05) is 38.1 Å². The van der Waals surface area contributed by atoms with Gasteiger partial charge in [-0.15, -0.1) is 0 Å².